The molecule has 0 heterocycles. The monoisotopic (exact) mass is 278 g/mol. The number of rotatable bonds is 5. The van der Waals surface area contributed by atoms with E-state index in [9.17, 15) is 10.1 Å². The molecule has 1 aromatic rings. The summed E-state index contributed by atoms with van der Waals surface area (Å²) < 4.78 is 0. The molecule has 102 valence electrons. The predicted molar refractivity (Wildman–Crippen MR) is 82.2 cm³/mol. The van der Waals surface area contributed by atoms with Crippen LogP contribution in [0, 0.1) is 15.5 Å². The first-order chi connectivity index (χ1) is 8.79. The van der Waals surface area contributed by atoms with Crippen molar-refractivity contribution in [2.24, 2.45) is 10.4 Å². The average molecular weight is 278 g/mol. The first-order valence-corrected chi connectivity index (χ1v) is 6.45. The molecule has 0 N–H and O–H groups in total. The minimum atomic E-state index is -0.408. The van der Waals surface area contributed by atoms with Gasteiger partial charge in [-0.2, -0.15) is 0 Å². The second-order valence-electron chi connectivity index (χ2n) is 5.56. The predicted octanol–water partition coefficient (Wildman–Crippen LogP) is 3.82. The van der Waals surface area contributed by atoms with Crippen molar-refractivity contribution in [3.63, 3.8) is 0 Å². The number of nitro groups is 1. The molecule has 0 spiro atoms. The summed E-state index contributed by atoms with van der Waals surface area (Å²) in [6.45, 7) is 6.78. The highest BCUT2D eigenvalue weighted by molar-refractivity contribution is 7.80. The highest BCUT2D eigenvalue weighted by atomic mass is 32.1. The van der Waals surface area contributed by atoms with Crippen molar-refractivity contribution in [2.75, 3.05) is 6.54 Å². The zero-order valence-corrected chi connectivity index (χ0v) is 12.2. The molecule has 0 bridgehead atoms. The van der Waals surface area contributed by atoms with Gasteiger partial charge in [0.05, 0.1) is 17.0 Å². The Bertz CT molecular complexity index is 504. The molecule has 0 aliphatic rings. The lowest BCUT2D eigenvalue weighted by Crippen LogP contribution is -2.13. The third-order valence-corrected chi connectivity index (χ3v) is 2.63. The zero-order chi connectivity index (χ0) is 14.5. The van der Waals surface area contributed by atoms with E-state index in [1.807, 2.05) is 0 Å². The van der Waals surface area contributed by atoms with Crippen LogP contribution in [-0.4, -0.2) is 22.5 Å². The van der Waals surface area contributed by atoms with Crippen LogP contribution < -0.4 is 0 Å². The van der Waals surface area contributed by atoms with Crippen molar-refractivity contribution in [2.45, 2.75) is 27.2 Å². The summed E-state index contributed by atoms with van der Waals surface area (Å²) in [5.74, 6) is 0. The summed E-state index contributed by atoms with van der Waals surface area (Å²) in [5, 5.41) is 10.8. The third kappa shape index (κ3) is 5.70. The van der Waals surface area contributed by atoms with Crippen molar-refractivity contribution < 1.29 is 4.92 Å². The number of nitrogens with zero attached hydrogens (tertiary/aromatic N) is 2. The molecule has 0 saturated carbocycles. The Balaban J connectivity index is 2.68. The zero-order valence-electron chi connectivity index (χ0n) is 11.4. The average Bonchev–Trinajstić information content (AvgIpc) is 2.27. The Labute approximate surface area is 118 Å². The van der Waals surface area contributed by atoms with E-state index in [1.165, 1.54) is 12.3 Å². The summed E-state index contributed by atoms with van der Waals surface area (Å²) in [5.41, 5.74) is 0.713. The minimum Gasteiger partial charge on any atom is -0.287 e. The van der Waals surface area contributed by atoms with Gasteiger partial charge >= 0.3 is 0 Å². The second-order valence-corrected chi connectivity index (χ2v) is 6.14. The van der Waals surface area contributed by atoms with Crippen molar-refractivity contribution >= 4 is 29.0 Å². The van der Waals surface area contributed by atoms with Crippen LogP contribution in [-0.2, 0) is 0 Å². The molecule has 0 fully saturated rings. The molecule has 0 radical (unpaired) electrons. The van der Waals surface area contributed by atoms with E-state index in [0.717, 1.165) is 11.3 Å². The van der Waals surface area contributed by atoms with Crippen LogP contribution in [0.1, 0.15) is 32.8 Å². The van der Waals surface area contributed by atoms with Crippen LogP contribution in [0.3, 0.4) is 0 Å². The highest BCUT2D eigenvalue weighted by Gasteiger charge is 2.13. The molecular weight excluding hydrogens is 260 g/mol. The number of hydrogen-bond acceptors (Lipinski definition) is 4. The van der Waals surface area contributed by atoms with Gasteiger partial charge in [0, 0.05) is 17.1 Å². The molecule has 5 heteroatoms. The van der Waals surface area contributed by atoms with Gasteiger partial charge in [-0.3, -0.25) is 15.1 Å². The summed E-state index contributed by atoms with van der Waals surface area (Å²) >= 11 is 5.25. The van der Waals surface area contributed by atoms with Crippen LogP contribution in [0.4, 0.5) is 5.69 Å². The lowest BCUT2D eigenvalue weighted by atomic mass is 9.90. The van der Waals surface area contributed by atoms with Crippen molar-refractivity contribution in [3.8, 4) is 0 Å². The Hall–Kier alpha value is -1.62. The van der Waals surface area contributed by atoms with Gasteiger partial charge in [-0.1, -0.05) is 45.1 Å². The molecule has 0 saturated heterocycles. The van der Waals surface area contributed by atoms with Gasteiger partial charge in [0.1, 0.15) is 0 Å². The number of para-hydroxylation sites is 1. The first-order valence-electron chi connectivity index (χ1n) is 6.04. The number of hydrogen-bond donors (Lipinski definition) is 0. The van der Waals surface area contributed by atoms with E-state index in [2.05, 4.69) is 25.8 Å². The molecule has 0 aliphatic heterocycles. The SMILES string of the molecule is CC(C)(C)CC(=S)CN=Cc1ccccc1[N+](=O)[O-]. The molecule has 0 aromatic heterocycles. The second kappa shape index (κ2) is 6.52. The normalized spacial score (nSPS) is 11.7. The van der Waals surface area contributed by atoms with E-state index in [-0.39, 0.29) is 11.1 Å². The van der Waals surface area contributed by atoms with E-state index in [4.69, 9.17) is 12.2 Å². The van der Waals surface area contributed by atoms with Crippen LogP contribution in [0.2, 0.25) is 0 Å². The molecular formula is C14H18N2O2S. The quantitative estimate of drug-likeness (QED) is 0.356. The Morgan fingerprint density at radius 3 is 2.63 bits per heavy atom. The van der Waals surface area contributed by atoms with Crippen molar-refractivity contribution in [3.05, 3.63) is 39.9 Å². The van der Waals surface area contributed by atoms with Crippen LogP contribution >= 0.6 is 12.2 Å². The Morgan fingerprint density at radius 1 is 1.42 bits per heavy atom. The van der Waals surface area contributed by atoms with Gasteiger partial charge in [-0.05, 0) is 17.9 Å². The lowest BCUT2D eigenvalue weighted by Gasteiger charge is -2.17. The minimum absolute atomic E-state index is 0.0630. The largest absolute Gasteiger partial charge is 0.287 e. The molecule has 0 aliphatic carbocycles. The van der Waals surface area contributed by atoms with Crippen LogP contribution in [0.15, 0.2) is 29.3 Å². The molecule has 4 nitrogen and oxygen atoms in total. The van der Waals surface area contributed by atoms with E-state index in [0.29, 0.717) is 12.1 Å². The van der Waals surface area contributed by atoms with Gasteiger partial charge in [0.25, 0.3) is 5.69 Å². The Morgan fingerprint density at radius 2 is 2.05 bits per heavy atom. The van der Waals surface area contributed by atoms with E-state index in [1.54, 1.807) is 18.2 Å². The van der Waals surface area contributed by atoms with Crippen LogP contribution in [0.25, 0.3) is 0 Å². The van der Waals surface area contributed by atoms with Crippen molar-refractivity contribution in [1.82, 2.24) is 0 Å². The summed E-state index contributed by atoms with van der Waals surface area (Å²) in [6, 6.07) is 6.53. The Kier molecular flexibility index (Phi) is 5.30. The fourth-order valence-corrected chi connectivity index (χ4v) is 2.16. The number of benzene rings is 1. The van der Waals surface area contributed by atoms with E-state index >= 15 is 0 Å². The first kappa shape index (κ1) is 15.4. The van der Waals surface area contributed by atoms with Gasteiger partial charge in [0.2, 0.25) is 0 Å². The summed E-state index contributed by atoms with van der Waals surface area (Å²) in [7, 11) is 0. The fraction of sp³-hybridized carbons (Fsp3) is 0.429. The topological polar surface area (TPSA) is 55.5 Å². The molecule has 0 unspecified atom stereocenters. The third-order valence-electron chi connectivity index (χ3n) is 2.36. The summed E-state index contributed by atoms with van der Waals surface area (Å²) in [6.07, 6.45) is 2.34. The smallest absolute Gasteiger partial charge is 0.278 e. The number of aliphatic imine (C=N–C) groups is 1. The fourth-order valence-electron chi connectivity index (χ4n) is 1.66. The maximum atomic E-state index is 10.8. The van der Waals surface area contributed by atoms with Gasteiger partial charge in [-0.15, -0.1) is 0 Å². The van der Waals surface area contributed by atoms with Gasteiger partial charge < -0.3 is 0 Å². The molecule has 0 atom stereocenters. The summed E-state index contributed by atoms with van der Waals surface area (Å²) in [4.78, 5) is 15.5. The maximum absolute atomic E-state index is 10.8. The van der Waals surface area contributed by atoms with Crippen molar-refractivity contribution in [1.29, 1.82) is 0 Å². The molecule has 1 aromatic carbocycles. The number of nitro benzene ring substituents is 1. The van der Waals surface area contributed by atoms with Crippen LogP contribution in [0.5, 0.6) is 0 Å². The van der Waals surface area contributed by atoms with Gasteiger partial charge in [-0.25, -0.2) is 0 Å². The lowest BCUT2D eigenvalue weighted by molar-refractivity contribution is -0.385. The molecule has 19 heavy (non-hydrogen) atoms. The molecule has 1 rings (SSSR count). The van der Waals surface area contributed by atoms with Gasteiger partial charge in [0.15, 0.2) is 0 Å². The standard InChI is InChI=1S/C14H18N2O2S/c1-14(2,3)8-12(19)10-15-9-11-6-4-5-7-13(11)16(17)18/h4-7,9H,8,10H2,1-3H3. The van der Waals surface area contributed by atoms with E-state index < -0.39 is 4.92 Å². The molecule has 0 amide bonds. The maximum Gasteiger partial charge on any atom is 0.278 e. The number of thiocarbonyl (C=S) groups is 1. The highest BCUT2D eigenvalue weighted by Crippen LogP contribution is 2.19.